The number of benzene rings is 1. The van der Waals surface area contributed by atoms with Crippen molar-refractivity contribution in [1.29, 1.82) is 0 Å². The van der Waals surface area contributed by atoms with E-state index in [0.717, 1.165) is 41.5 Å². The molecule has 6 rings (SSSR count). The molecule has 12 heteroatoms. The number of pyridine rings is 1. The third-order valence-electron chi connectivity index (χ3n) is 8.16. The van der Waals surface area contributed by atoms with Gasteiger partial charge in [0.05, 0.1) is 29.4 Å². The second-order valence-electron chi connectivity index (χ2n) is 12.4. The molecule has 4 atom stereocenters. The van der Waals surface area contributed by atoms with Crippen LogP contribution in [0, 0.1) is 0 Å². The molecule has 3 aromatic rings. The first-order chi connectivity index (χ1) is 19.7. The molecule has 3 aliphatic rings. The van der Waals surface area contributed by atoms with E-state index in [1.807, 2.05) is 22.8 Å². The van der Waals surface area contributed by atoms with Gasteiger partial charge >= 0.3 is 6.01 Å². The molecule has 5 heterocycles. The molecule has 222 valence electrons. The maximum atomic E-state index is 11.8. The molecular formula is C29H38ClN3O6SSi. The lowest BCUT2D eigenvalue weighted by molar-refractivity contribution is 0.00339. The van der Waals surface area contributed by atoms with E-state index in [9.17, 15) is 9.32 Å². The monoisotopic (exact) mass is 619 g/mol. The second kappa shape index (κ2) is 12.0. The predicted molar refractivity (Wildman–Crippen MR) is 162 cm³/mol. The van der Waals surface area contributed by atoms with Crippen LogP contribution in [0.2, 0.25) is 30.7 Å². The normalized spacial score (nSPS) is 28.3. The Morgan fingerprint density at radius 1 is 1.10 bits per heavy atom. The molecule has 4 unspecified atom stereocenters. The Morgan fingerprint density at radius 3 is 2.56 bits per heavy atom. The van der Waals surface area contributed by atoms with Gasteiger partial charge in [0.2, 0.25) is 0 Å². The number of aromatic nitrogens is 3. The van der Waals surface area contributed by atoms with Crippen LogP contribution in [-0.2, 0) is 31.7 Å². The number of aliphatic hydroxyl groups is 1. The Balaban J connectivity index is 1.27. The summed E-state index contributed by atoms with van der Waals surface area (Å²) >= 11 is 6.82. The summed E-state index contributed by atoms with van der Waals surface area (Å²) in [6, 6.07) is 11.6. The zero-order chi connectivity index (χ0) is 28.7. The van der Waals surface area contributed by atoms with Crippen LogP contribution in [0.1, 0.15) is 24.3 Å². The van der Waals surface area contributed by atoms with Crippen LogP contribution < -0.4 is 4.74 Å². The van der Waals surface area contributed by atoms with Gasteiger partial charge in [-0.2, -0.15) is 4.98 Å². The quantitative estimate of drug-likeness (QED) is 0.274. The minimum atomic E-state index is -1.25. The average molecular weight is 620 g/mol. The molecule has 3 saturated heterocycles. The lowest BCUT2D eigenvalue weighted by Crippen LogP contribution is -2.35. The zero-order valence-corrected chi connectivity index (χ0v) is 26.3. The smallest absolute Gasteiger partial charge is 0.301 e. The van der Waals surface area contributed by atoms with Crippen LogP contribution >= 0.6 is 11.6 Å². The Labute approximate surface area is 249 Å². The third kappa shape index (κ3) is 6.41. The van der Waals surface area contributed by atoms with Gasteiger partial charge in [0.25, 0.3) is 0 Å². The molecule has 2 aromatic heterocycles. The summed E-state index contributed by atoms with van der Waals surface area (Å²) in [5.74, 6) is 1.98. The number of fused-ring (bicyclic) bond motifs is 2. The molecule has 0 saturated carbocycles. The van der Waals surface area contributed by atoms with Gasteiger partial charge < -0.3 is 24.1 Å². The molecule has 0 aliphatic carbocycles. The highest BCUT2D eigenvalue weighted by Gasteiger charge is 2.49. The molecule has 0 radical (unpaired) electrons. The summed E-state index contributed by atoms with van der Waals surface area (Å²) in [6.07, 6.45) is 0.0802. The predicted octanol–water partition coefficient (Wildman–Crippen LogP) is 4.60. The molecule has 0 amide bonds. The maximum Gasteiger partial charge on any atom is 0.301 e. The lowest BCUT2D eigenvalue weighted by atomic mass is 9.92. The molecular weight excluding hydrogens is 582 g/mol. The largest absolute Gasteiger partial charge is 0.456 e. The fourth-order valence-corrected chi connectivity index (χ4v) is 7.99. The van der Waals surface area contributed by atoms with Crippen LogP contribution in [0.4, 0.5) is 0 Å². The Kier molecular flexibility index (Phi) is 8.57. The molecule has 41 heavy (non-hydrogen) atoms. The number of nitrogens with zero attached hydrogens (tertiary/aromatic N) is 3. The number of hydrogen-bond donors (Lipinski definition) is 1. The molecule has 0 spiro atoms. The van der Waals surface area contributed by atoms with E-state index in [-0.39, 0.29) is 19.4 Å². The summed E-state index contributed by atoms with van der Waals surface area (Å²) in [5.41, 5.74) is 4.04. The van der Waals surface area contributed by atoms with Gasteiger partial charge in [-0.15, -0.1) is 0 Å². The van der Waals surface area contributed by atoms with Crippen LogP contribution in [0.15, 0.2) is 30.3 Å². The number of halogens is 1. The van der Waals surface area contributed by atoms with E-state index in [2.05, 4.69) is 31.8 Å². The highest BCUT2D eigenvalue weighted by atomic mass is 35.5. The Morgan fingerprint density at radius 2 is 1.83 bits per heavy atom. The maximum absolute atomic E-state index is 11.8. The van der Waals surface area contributed by atoms with Crippen LogP contribution in [0.25, 0.3) is 22.4 Å². The Hall–Kier alpha value is -1.86. The van der Waals surface area contributed by atoms with E-state index in [1.165, 1.54) is 5.56 Å². The fraction of sp³-hybridized carbons (Fsp3) is 0.586. The Bertz CT molecular complexity index is 1400. The zero-order valence-electron chi connectivity index (χ0n) is 23.8. The summed E-state index contributed by atoms with van der Waals surface area (Å²) in [7, 11) is -1.93. The molecule has 0 bridgehead atoms. The standard InChI is InChI=1S/C29H38ClN3O6SSi/c1-41(2,3)13-10-36-17-33-22-14-21(30)25(20-6-4-18(5-7-20)19-8-11-40(35)12-9-19)31-28(22)32-29(33)39-24-16-38-26-23(34)15-37-27(24)26/h4-7,14,19,23-24,26-27,34H,8-13,15-17H2,1-3H3. The van der Waals surface area contributed by atoms with Gasteiger partial charge in [-0.05, 0) is 36.4 Å². The molecule has 1 N–H and O–H groups in total. The summed E-state index contributed by atoms with van der Waals surface area (Å²) in [6.45, 7) is 8.38. The highest BCUT2D eigenvalue weighted by Crippen LogP contribution is 2.35. The van der Waals surface area contributed by atoms with Gasteiger partial charge in [-0.25, -0.2) is 4.98 Å². The SMILES string of the molecule is C[Si](C)(C)CCOCn1c(OC2COC3C(O)COC23)nc2nc(-c3ccc(C4CCS(=O)CC4)cc3)c(Cl)cc21. The molecule has 3 aliphatic heterocycles. The highest BCUT2D eigenvalue weighted by molar-refractivity contribution is 7.85. The van der Waals surface area contributed by atoms with Crippen molar-refractivity contribution >= 4 is 41.6 Å². The van der Waals surface area contributed by atoms with Crippen molar-refractivity contribution in [2.75, 3.05) is 31.3 Å². The van der Waals surface area contributed by atoms with Crippen molar-refractivity contribution in [2.24, 2.45) is 0 Å². The summed E-state index contributed by atoms with van der Waals surface area (Å²) in [4.78, 5) is 9.62. The van der Waals surface area contributed by atoms with Crippen molar-refractivity contribution in [1.82, 2.24) is 14.5 Å². The fourth-order valence-electron chi connectivity index (χ4n) is 5.68. The van der Waals surface area contributed by atoms with E-state index < -0.39 is 37.2 Å². The summed E-state index contributed by atoms with van der Waals surface area (Å²) in [5, 5.41) is 10.7. The molecule has 3 fully saturated rings. The first-order valence-corrected chi connectivity index (χ1v) is 19.9. The van der Waals surface area contributed by atoms with E-state index >= 15 is 0 Å². The number of ether oxygens (including phenoxy) is 4. The topological polar surface area (TPSA) is 105 Å². The van der Waals surface area contributed by atoms with E-state index in [1.54, 1.807) is 0 Å². The number of rotatable bonds is 9. The lowest BCUT2D eigenvalue weighted by Gasteiger charge is -2.21. The van der Waals surface area contributed by atoms with Crippen molar-refractivity contribution in [3.8, 4) is 17.3 Å². The van der Waals surface area contributed by atoms with Crippen molar-refractivity contribution < 1.29 is 28.3 Å². The van der Waals surface area contributed by atoms with E-state index in [4.69, 9.17) is 40.5 Å². The van der Waals surface area contributed by atoms with Crippen molar-refractivity contribution in [2.45, 2.75) is 75.6 Å². The van der Waals surface area contributed by atoms with Gasteiger partial charge in [0.15, 0.2) is 11.8 Å². The van der Waals surface area contributed by atoms with Crippen molar-refractivity contribution in [3.05, 3.63) is 40.9 Å². The summed E-state index contributed by atoms with van der Waals surface area (Å²) < 4.78 is 37.6. The van der Waals surface area contributed by atoms with Gasteiger partial charge in [-0.3, -0.25) is 8.78 Å². The first kappa shape index (κ1) is 29.2. The molecule has 9 nitrogen and oxygen atoms in total. The van der Waals surface area contributed by atoms with Crippen LogP contribution in [-0.4, -0.2) is 87.7 Å². The van der Waals surface area contributed by atoms with Gasteiger partial charge in [0.1, 0.15) is 25.0 Å². The van der Waals surface area contributed by atoms with E-state index in [0.29, 0.717) is 41.5 Å². The van der Waals surface area contributed by atoms with Gasteiger partial charge in [0, 0.05) is 42.5 Å². The van der Waals surface area contributed by atoms with Crippen LogP contribution in [0.3, 0.4) is 0 Å². The number of hydrogen-bond acceptors (Lipinski definition) is 8. The van der Waals surface area contributed by atoms with Crippen molar-refractivity contribution in [3.63, 3.8) is 0 Å². The molecule has 1 aromatic carbocycles. The average Bonchev–Trinajstić information content (AvgIpc) is 3.61. The number of imidazole rings is 1. The van der Waals surface area contributed by atoms with Crippen LogP contribution in [0.5, 0.6) is 6.01 Å². The van der Waals surface area contributed by atoms with Gasteiger partial charge in [-0.1, -0.05) is 55.5 Å². The number of aliphatic hydroxyl groups excluding tert-OH is 1. The minimum Gasteiger partial charge on any atom is -0.456 e. The minimum absolute atomic E-state index is 0.227. The first-order valence-electron chi connectivity index (χ1n) is 14.3. The second-order valence-corrected chi connectivity index (χ2v) is 20.1. The third-order valence-corrected chi connectivity index (χ3v) is 11.5.